The number of aliphatic carboxylic acids is 1. The van der Waals surface area contributed by atoms with Crippen molar-refractivity contribution in [3.05, 3.63) is 0 Å². The number of carbonyl (C=O) groups is 2. The Balaban J connectivity index is 2.57. The summed E-state index contributed by atoms with van der Waals surface area (Å²) >= 11 is 1.82. The van der Waals surface area contributed by atoms with Gasteiger partial charge in [0.1, 0.15) is 0 Å². The Hall–Kier alpha value is -0.710. The van der Waals surface area contributed by atoms with Crippen LogP contribution in [0.25, 0.3) is 0 Å². The molecule has 116 valence electrons. The maximum absolute atomic E-state index is 12.1. The summed E-state index contributed by atoms with van der Waals surface area (Å²) in [5.41, 5.74) is -0.994. The van der Waals surface area contributed by atoms with E-state index in [1.165, 1.54) is 12.8 Å². The van der Waals surface area contributed by atoms with Gasteiger partial charge in [-0.1, -0.05) is 26.7 Å². The molecule has 0 spiro atoms. The zero-order chi connectivity index (χ0) is 15.4. The first-order valence-electron chi connectivity index (χ1n) is 7.31. The molecule has 0 saturated heterocycles. The number of nitrogens with one attached hydrogen (secondary N) is 1. The fourth-order valence-corrected chi connectivity index (χ4v) is 3.57. The average Bonchev–Trinajstić information content (AvgIpc) is 2.85. The van der Waals surface area contributed by atoms with Crippen LogP contribution in [0.5, 0.6) is 0 Å². The maximum Gasteiger partial charge on any atom is 0.310 e. The number of rotatable bonds is 7. The summed E-state index contributed by atoms with van der Waals surface area (Å²) < 4.78 is 0.160. The van der Waals surface area contributed by atoms with Gasteiger partial charge < -0.3 is 10.4 Å². The summed E-state index contributed by atoms with van der Waals surface area (Å²) in [6, 6.07) is 0. The maximum atomic E-state index is 12.1. The van der Waals surface area contributed by atoms with Crippen LogP contribution in [0.3, 0.4) is 0 Å². The van der Waals surface area contributed by atoms with Gasteiger partial charge >= 0.3 is 5.97 Å². The molecular weight excluding hydrogens is 274 g/mol. The molecule has 1 atom stereocenters. The van der Waals surface area contributed by atoms with Gasteiger partial charge in [-0.3, -0.25) is 9.59 Å². The molecule has 0 bridgehead atoms. The van der Waals surface area contributed by atoms with Gasteiger partial charge in [0.2, 0.25) is 5.91 Å². The van der Waals surface area contributed by atoms with Crippen LogP contribution >= 0.6 is 11.8 Å². The van der Waals surface area contributed by atoms with Crippen LogP contribution in [0.15, 0.2) is 0 Å². The molecule has 1 aliphatic rings. The third kappa shape index (κ3) is 3.90. The van der Waals surface area contributed by atoms with Gasteiger partial charge in [0.15, 0.2) is 0 Å². The van der Waals surface area contributed by atoms with E-state index in [4.69, 9.17) is 0 Å². The first kappa shape index (κ1) is 17.3. The van der Waals surface area contributed by atoms with Gasteiger partial charge in [-0.2, -0.15) is 11.8 Å². The molecule has 0 radical (unpaired) electrons. The first-order chi connectivity index (χ1) is 9.26. The zero-order valence-corrected chi connectivity index (χ0v) is 13.8. The van der Waals surface area contributed by atoms with Crippen molar-refractivity contribution in [2.24, 2.45) is 11.3 Å². The number of amides is 1. The monoisotopic (exact) mass is 301 g/mol. The highest BCUT2D eigenvalue weighted by molar-refractivity contribution is 8.00. The molecule has 2 N–H and O–H groups in total. The number of hydrogen-bond donors (Lipinski definition) is 2. The number of carboxylic acids is 1. The lowest BCUT2D eigenvalue weighted by Crippen LogP contribution is -2.43. The smallest absolute Gasteiger partial charge is 0.310 e. The normalized spacial score (nSPS) is 20.6. The standard InChI is InChI=1S/C15H27NO3S/c1-11(2)14(3,13(18)19)9-12(17)16-10-15(20-4)7-5-6-8-15/h11H,5-10H2,1-4H3,(H,16,17)(H,18,19). The Morgan fingerprint density at radius 3 is 2.30 bits per heavy atom. The molecule has 0 aromatic heterocycles. The van der Waals surface area contributed by atoms with E-state index in [2.05, 4.69) is 11.6 Å². The van der Waals surface area contributed by atoms with Crippen LogP contribution in [-0.2, 0) is 9.59 Å². The molecule has 1 fully saturated rings. The summed E-state index contributed by atoms with van der Waals surface area (Å²) in [6.45, 7) is 6.00. The Morgan fingerprint density at radius 2 is 1.90 bits per heavy atom. The highest BCUT2D eigenvalue weighted by atomic mass is 32.2. The van der Waals surface area contributed by atoms with Gasteiger partial charge in [-0.25, -0.2) is 0 Å². The summed E-state index contributed by atoms with van der Waals surface area (Å²) in [5, 5.41) is 12.3. The molecule has 1 amide bonds. The lowest BCUT2D eigenvalue weighted by molar-refractivity contribution is -0.153. The van der Waals surface area contributed by atoms with Crippen molar-refractivity contribution in [3.8, 4) is 0 Å². The Labute approximate surface area is 126 Å². The molecule has 20 heavy (non-hydrogen) atoms. The SMILES string of the molecule is CSC1(CNC(=O)CC(C)(C(=O)O)C(C)C)CCCC1. The van der Waals surface area contributed by atoms with Gasteiger partial charge in [0.25, 0.3) is 0 Å². The Bertz CT molecular complexity index is 364. The van der Waals surface area contributed by atoms with E-state index in [1.54, 1.807) is 6.92 Å². The van der Waals surface area contributed by atoms with Gasteiger partial charge in [0, 0.05) is 17.7 Å². The molecule has 4 nitrogen and oxygen atoms in total. The predicted octanol–water partition coefficient (Wildman–Crippen LogP) is 2.92. The molecule has 1 aliphatic carbocycles. The first-order valence-corrected chi connectivity index (χ1v) is 8.53. The average molecular weight is 301 g/mol. The van der Waals surface area contributed by atoms with Crippen molar-refractivity contribution in [1.29, 1.82) is 0 Å². The number of carbonyl (C=O) groups excluding carboxylic acids is 1. The second kappa shape index (κ2) is 6.83. The highest BCUT2D eigenvalue weighted by Gasteiger charge is 2.39. The number of carboxylic acid groups (broad SMARTS) is 1. The largest absolute Gasteiger partial charge is 0.481 e. The summed E-state index contributed by atoms with van der Waals surface area (Å²) in [5.74, 6) is -1.13. The second-order valence-electron chi connectivity index (χ2n) is 6.43. The van der Waals surface area contributed by atoms with Gasteiger partial charge in [0.05, 0.1) is 5.41 Å². The van der Waals surface area contributed by atoms with Gasteiger partial charge in [-0.05, 0) is 31.9 Å². The van der Waals surface area contributed by atoms with Crippen LogP contribution in [-0.4, -0.2) is 34.5 Å². The fourth-order valence-electron chi connectivity index (χ4n) is 2.65. The quantitative estimate of drug-likeness (QED) is 0.759. The van der Waals surface area contributed by atoms with E-state index in [9.17, 15) is 14.7 Å². The van der Waals surface area contributed by atoms with Crippen LogP contribution in [0.4, 0.5) is 0 Å². The van der Waals surface area contributed by atoms with Crippen molar-refractivity contribution < 1.29 is 14.7 Å². The molecule has 0 aromatic rings. The van der Waals surface area contributed by atoms with E-state index >= 15 is 0 Å². The molecule has 0 heterocycles. The predicted molar refractivity (Wildman–Crippen MR) is 82.9 cm³/mol. The summed E-state index contributed by atoms with van der Waals surface area (Å²) in [4.78, 5) is 23.5. The van der Waals surface area contributed by atoms with E-state index in [-0.39, 0.29) is 23.0 Å². The minimum Gasteiger partial charge on any atom is -0.481 e. The van der Waals surface area contributed by atoms with Crippen molar-refractivity contribution in [2.75, 3.05) is 12.8 Å². The highest BCUT2D eigenvalue weighted by Crippen LogP contribution is 2.39. The van der Waals surface area contributed by atoms with Crippen LogP contribution < -0.4 is 5.32 Å². The van der Waals surface area contributed by atoms with E-state index in [0.29, 0.717) is 6.54 Å². The van der Waals surface area contributed by atoms with Crippen molar-refractivity contribution in [3.63, 3.8) is 0 Å². The lowest BCUT2D eigenvalue weighted by atomic mass is 9.76. The molecule has 5 heteroatoms. The molecular formula is C15H27NO3S. The van der Waals surface area contributed by atoms with Gasteiger partial charge in [-0.15, -0.1) is 0 Å². The van der Waals surface area contributed by atoms with E-state index in [1.807, 2.05) is 25.6 Å². The minimum atomic E-state index is -0.994. The molecule has 1 rings (SSSR count). The molecule has 0 aliphatic heterocycles. The molecule has 0 aromatic carbocycles. The second-order valence-corrected chi connectivity index (χ2v) is 7.70. The number of thioether (sulfide) groups is 1. The lowest BCUT2D eigenvalue weighted by Gasteiger charge is -2.30. The van der Waals surface area contributed by atoms with Crippen LogP contribution in [0.2, 0.25) is 0 Å². The van der Waals surface area contributed by atoms with Crippen LogP contribution in [0.1, 0.15) is 52.9 Å². The Kier molecular flexibility index (Phi) is 5.92. The van der Waals surface area contributed by atoms with E-state index in [0.717, 1.165) is 12.8 Å². The molecule has 1 unspecified atom stereocenters. The Morgan fingerprint density at radius 1 is 1.35 bits per heavy atom. The van der Waals surface area contributed by atoms with Crippen molar-refractivity contribution in [2.45, 2.75) is 57.6 Å². The number of hydrogen-bond acceptors (Lipinski definition) is 3. The third-order valence-corrected chi connectivity index (χ3v) is 6.26. The van der Waals surface area contributed by atoms with Crippen LogP contribution in [0, 0.1) is 11.3 Å². The zero-order valence-electron chi connectivity index (χ0n) is 13.0. The summed E-state index contributed by atoms with van der Waals surface area (Å²) in [6.07, 6.45) is 6.84. The topological polar surface area (TPSA) is 66.4 Å². The molecule has 1 saturated carbocycles. The van der Waals surface area contributed by atoms with E-state index < -0.39 is 11.4 Å². The fraction of sp³-hybridized carbons (Fsp3) is 0.867. The van der Waals surface area contributed by atoms with Crippen molar-refractivity contribution >= 4 is 23.6 Å². The minimum absolute atomic E-state index is 0.0461. The summed E-state index contributed by atoms with van der Waals surface area (Å²) in [7, 11) is 0. The third-order valence-electron chi connectivity index (χ3n) is 4.85. The van der Waals surface area contributed by atoms with Crippen molar-refractivity contribution in [1.82, 2.24) is 5.32 Å².